The van der Waals surface area contributed by atoms with Gasteiger partial charge in [-0.1, -0.05) is 26.8 Å². The van der Waals surface area contributed by atoms with Crippen molar-refractivity contribution in [2.45, 2.75) is 59.2 Å². The highest BCUT2D eigenvalue weighted by Crippen LogP contribution is 2.23. The SMILES string of the molecule is CNC(=O)[C@@H](NC(=O)c1nc(C=CCN2CCCC2)n2c1CN(C)CCC2)C(C)(C)C. The van der Waals surface area contributed by atoms with E-state index in [4.69, 9.17) is 4.98 Å². The van der Waals surface area contributed by atoms with Crippen LogP contribution in [0.1, 0.15) is 62.0 Å². The van der Waals surface area contributed by atoms with Crippen LogP contribution in [0.4, 0.5) is 0 Å². The molecule has 2 amide bonds. The number of hydrogen-bond donors (Lipinski definition) is 2. The highest BCUT2D eigenvalue weighted by molar-refractivity contribution is 5.97. The van der Waals surface area contributed by atoms with E-state index in [1.54, 1.807) is 7.05 Å². The maximum atomic E-state index is 13.3. The Morgan fingerprint density at radius 2 is 1.84 bits per heavy atom. The van der Waals surface area contributed by atoms with Crippen molar-refractivity contribution in [3.8, 4) is 0 Å². The normalized spacial score (nSPS) is 19.3. The summed E-state index contributed by atoms with van der Waals surface area (Å²) in [5.74, 6) is 0.331. The van der Waals surface area contributed by atoms with E-state index in [1.165, 1.54) is 12.8 Å². The lowest BCUT2D eigenvalue weighted by Crippen LogP contribution is -2.53. The van der Waals surface area contributed by atoms with Gasteiger partial charge in [0, 0.05) is 26.7 Å². The standard InChI is InChI=1S/C23H38N6O2/c1-23(2,3)20(22(31)24-4)26-21(30)19-17-16-27(5)11-9-15-29(17)18(25-19)10-8-14-28-12-6-7-13-28/h8,10,20H,6-7,9,11-16H2,1-5H3,(H,24,31)(H,26,30)/t20-/m1/s1. The van der Waals surface area contributed by atoms with Gasteiger partial charge in [-0.3, -0.25) is 14.5 Å². The molecule has 172 valence electrons. The number of likely N-dealkylation sites (N-methyl/N-ethyl adjacent to an activating group) is 1. The van der Waals surface area contributed by atoms with Gasteiger partial charge in [0.25, 0.3) is 5.91 Å². The largest absolute Gasteiger partial charge is 0.357 e. The van der Waals surface area contributed by atoms with Crippen molar-refractivity contribution in [1.82, 2.24) is 30.0 Å². The molecular weight excluding hydrogens is 392 g/mol. The quantitative estimate of drug-likeness (QED) is 0.718. The second-order valence-corrected chi connectivity index (χ2v) is 9.81. The Balaban J connectivity index is 1.87. The van der Waals surface area contributed by atoms with Gasteiger partial charge in [0.1, 0.15) is 11.9 Å². The van der Waals surface area contributed by atoms with Crippen molar-refractivity contribution < 1.29 is 9.59 Å². The molecule has 8 heteroatoms. The van der Waals surface area contributed by atoms with Crippen molar-refractivity contribution in [2.75, 3.05) is 40.3 Å². The van der Waals surface area contributed by atoms with E-state index in [0.29, 0.717) is 12.2 Å². The first kappa shape index (κ1) is 23.5. The lowest BCUT2D eigenvalue weighted by molar-refractivity contribution is -0.124. The van der Waals surface area contributed by atoms with Crippen LogP contribution in [0.3, 0.4) is 0 Å². The summed E-state index contributed by atoms with van der Waals surface area (Å²) in [6.07, 6.45) is 7.74. The number of amides is 2. The van der Waals surface area contributed by atoms with Gasteiger partial charge in [0.15, 0.2) is 5.69 Å². The molecule has 1 fully saturated rings. The van der Waals surface area contributed by atoms with Crippen LogP contribution in [0.25, 0.3) is 6.08 Å². The minimum atomic E-state index is -0.639. The first-order chi connectivity index (χ1) is 14.7. The molecule has 1 saturated heterocycles. The molecule has 0 spiro atoms. The lowest BCUT2D eigenvalue weighted by Gasteiger charge is -2.29. The molecule has 0 bridgehead atoms. The molecule has 2 aliphatic rings. The van der Waals surface area contributed by atoms with Gasteiger partial charge in [-0.2, -0.15) is 0 Å². The van der Waals surface area contributed by atoms with Crippen LogP contribution >= 0.6 is 0 Å². The molecule has 3 heterocycles. The number of carbonyl (C=O) groups is 2. The molecule has 0 aromatic carbocycles. The molecule has 3 rings (SSSR count). The number of carbonyl (C=O) groups excluding carboxylic acids is 2. The number of fused-ring (bicyclic) bond motifs is 1. The van der Waals surface area contributed by atoms with Crippen LogP contribution < -0.4 is 10.6 Å². The second-order valence-electron chi connectivity index (χ2n) is 9.81. The summed E-state index contributed by atoms with van der Waals surface area (Å²) >= 11 is 0. The maximum Gasteiger partial charge on any atom is 0.272 e. The monoisotopic (exact) mass is 430 g/mol. The smallest absolute Gasteiger partial charge is 0.272 e. The summed E-state index contributed by atoms with van der Waals surface area (Å²) < 4.78 is 2.17. The first-order valence-corrected chi connectivity index (χ1v) is 11.4. The number of imidazole rings is 1. The van der Waals surface area contributed by atoms with E-state index >= 15 is 0 Å². The predicted octanol–water partition coefficient (Wildman–Crippen LogP) is 1.72. The molecule has 0 unspecified atom stereocenters. The molecule has 2 N–H and O–H groups in total. The van der Waals surface area contributed by atoms with E-state index in [9.17, 15) is 9.59 Å². The van der Waals surface area contributed by atoms with Gasteiger partial charge in [0.2, 0.25) is 5.91 Å². The number of nitrogens with one attached hydrogen (secondary N) is 2. The van der Waals surface area contributed by atoms with Gasteiger partial charge in [-0.15, -0.1) is 0 Å². The first-order valence-electron chi connectivity index (χ1n) is 11.4. The molecular formula is C23H38N6O2. The fourth-order valence-electron chi connectivity index (χ4n) is 4.35. The molecule has 1 atom stereocenters. The highest BCUT2D eigenvalue weighted by Gasteiger charge is 2.34. The van der Waals surface area contributed by atoms with E-state index < -0.39 is 11.5 Å². The van der Waals surface area contributed by atoms with Crippen LogP contribution in [0.5, 0.6) is 0 Å². The molecule has 1 aromatic heterocycles. The summed E-state index contributed by atoms with van der Waals surface area (Å²) in [5.41, 5.74) is 0.928. The van der Waals surface area contributed by atoms with Gasteiger partial charge in [0.05, 0.1) is 5.69 Å². The summed E-state index contributed by atoms with van der Waals surface area (Å²) in [6, 6.07) is -0.639. The number of hydrogen-bond acceptors (Lipinski definition) is 5. The van der Waals surface area contributed by atoms with Crippen LogP contribution in [-0.2, 0) is 17.9 Å². The second kappa shape index (κ2) is 9.96. The zero-order valence-corrected chi connectivity index (χ0v) is 19.7. The third kappa shape index (κ3) is 5.74. The Kier molecular flexibility index (Phi) is 7.54. The number of likely N-dealkylation sites (tertiary alicyclic amines) is 1. The number of rotatable bonds is 6. The number of aromatic nitrogens is 2. The zero-order chi connectivity index (χ0) is 22.6. The summed E-state index contributed by atoms with van der Waals surface area (Å²) in [4.78, 5) is 35.1. The zero-order valence-electron chi connectivity index (χ0n) is 19.7. The third-order valence-corrected chi connectivity index (χ3v) is 6.14. The Bertz CT molecular complexity index is 817. The fourth-order valence-corrected chi connectivity index (χ4v) is 4.35. The molecule has 0 aliphatic carbocycles. The fraction of sp³-hybridized carbons (Fsp3) is 0.696. The molecule has 0 saturated carbocycles. The molecule has 1 aromatic rings. The van der Waals surface area contributed by atoms with Gasteiger partial charge < -0.3 is 20.1 Å². The minimum absolute atomic E-state index is 0.200. The van der Waals surface area contributed by atoms with Crippen LogP contribution in [0, 0.1) is 5.41 Å². The van der Waals surface area contributed by atoms with Crippen molar-refractivity contribution in [3.05, 3.63) is 23.3 Å². The molecule has 2 aliphatic heterocycles. The van der Waals surface area contributed by atoms with Crippen LogP contribution in [-0.4, -0.2) is 77.5 Å². The van der Waals surface area contributed by atoms with E-state index in [0.717, 1.165) is 50.7 Å². The molecule has 8 nitrogen and oxygen atoms in total. The van der Waals surface area contributed by atoms with Crippen molar-refractivity contribution in [3.63, 3.8) is 0 Å². The van der Waals surface area contributed by atoms with Gasteiger partial charge in [-0.25, -0.2) is 4.98 Å². The Morgan fingerprint density at radius 3 is 2.48 bits per heavy atom. The number of nitrogens with zero attached hydrogens (tertiary/aromatic N) is 4. The van der Waals surface area contributed by atoms with Crippen molar-refractivity contribution >= 4 is 17.9 Å². The summed E-state index contributed by atoms with van der Waals surface area (Å²) in [7, 11) is 3.66. The Morgan fingerprint density at radius 1 is 1.13 bits per heavy atom. The topological polar surface area (TPSA) is 82.5 Å². The lowest BCUT2D eigenvalue weighted by atomic mass is 9.86. The molecule has 31 heavy (non-hydrogen) atoms. The molecule has 0 radical (unpaired) electrons. The van der Waals surface area contributed by atoms with Crippen molar-refractivity contribution in [2.24, 2.45) is 5.41 Å². The summed E-state index contributed by atoms with van der Waals surface area (Å²) in [6.45, 7) is 11.5. The Labute approximate surface area is 186 Å². The van der Waals surface area contributed by atoms with E-state index in [-0.39, 0.29) is 11.8 Å². The predicted molar refractivity (Wildman–Crippen MR) is 123 cm³/mol. The highest BCUT2D eigenvalue weighted by atomic mass is 16.2. The van der Waals surface area contributed by atoms with Crippen molar-refractivity contribution in [1.29, 1.82) is 0 Å². The minimum Gasteiger partial charge on any atom is -0.357 e. The van der Waals surface area contributed by atoms with Gasteiger partial charge >= 0.3 is 0 Å². The van der Waals surface area contributed by atoms with Crippen LogP contribution in [0.2, 0.25) is 0 Å². The van der Waals surface area contributed by atoms with E-state index in [1.807, 2.05) is 26.8 Å². The van der Waals surface area contributed by atoms with E-state index in [2.05, 4.69) is 38.1 Å². The maximum absolute atomic E-state index is 13.3. The summed E-state index contributed by atoms with van der Waals surface area (Å²) in [5, 5.41) is 5.61. The van der Waals surface area contributed by atoms with Gasteiger partial charge in [-0.05, 0) is 57.4 Å². The average Bonchev–Trinajstić information content (AvgIpc) is 3.29. The third-order valence-electron chi connectivity index (χ3n) is 6.14. The van der Waals surface area contributed by atoms with Crippen LogP contribution in [0.15, 0.2) is 6.08 Å². The average molecular weight is 431 g/mol. The Hall–Kier alpha value is -2.19.